The van der Waals surface area contributed by atoms with E-state index in [1.807, 2.05) is 0 Å². The quantitative estimate of drug-likeness (QED) is 0.734. The summed E-state index contributed by atoms with van der Waals surface area (Å²) in [4.78, 5) is 0. The number of hydrogen-bond acceptors (Lipinski definition) is 7. The van der Waals surface area contributed by atoms with Crippen molar-refractivity contribution in [2.75, 3.05) is 12.0 Å². The van der Waals surface area contributed by atoms with Crippen LogP contribution in [0.25, 0.3) is 0 Å². The molecule has 0 saturated carbocycles. The Kier molecular flexibility index (Phi) is 4.39. The first-order valence-corrected chi connectivity index (χ1v) is 8.95. The van der Waals surface area contributed by atoms with Gasteiger partial charge in [0.05, 0.1) is 12.0 Å². The summed E-state index contributed by atoms with van der Waals surface area (Å²) in [5.74, 6) is -0.354. The lowest BCUT2D eigenvalue weighted by Crippen LogP contribution is -2.14. The lowest BCUT2D eigenvalue weighted by molar-refractivity contribution is 0.454. The van der Waals surface area contributed by atoms with E-state index < -0.39 is 20.2 Å². The van der Waals surface area contributed by atoms with Crippen molar-refractivity contribution in [2.45, 2.75) is 13.3 Å². The summed E-state index contributed by atoms with van der Waals surface area (Å²) in [6.07, 6.45) is 1.28. The average Bonchev–Trinajstić information content (AvgIpc) is 2.48. The molecule has 17 heavy (non-hydrogen) atoms. The second-order valence-electron chi connectivity index (χ2n) is 3.23. The maximum Gasteiger partial charge on any atom is 0.309 e. The van der Waals surface area contributed by atoms with Crippen LogP contribution >= 0.6 is 11.3 Å². The van der Waals surface area contributed by atoms with Gasteiger partial charge in [-0.1, -0.05) is 6.92 Å². The molecular weight excluding hydrogens is 288 g/mol. The molecule has 0 fully saturated rings. The van der Waals surface area contributed by atoms with Crippen molar-refractivity contribution in [1.82, 2.24) is 0 Å². The average molecular weight is 300 g/mol. The highest BCUT2D eigenvalue weighted by atomic mass is 32.2. The Hall–Kier alpha value is -0.800. The van der Waals surface area contributed by atoms with Gasteiger partial charge in [-0.25, -0.2) is 0 Å². The van der Waals surface area contributed by atoms with E-state index in [2.05, 4.69) is 4.18 Å². The van der Waals surface area contributed by atoms with E-state index in [-0.39, 0.29) is 17.3 Å². The molecule has 0 spiro atoms. The Morgan fingerprint density at radius 1 is 1.12 bits per heavy atom. The molecule has 0 aromatic carbocycles. The van der Waals surface area contributed by atoms with E-state index in [0.717, 1.165) is 17.6 Å². The van der Waals surface area contributed by atoms with Crippen LogP contribution in [0.4, 0.5) is 0 Å². The predicted octanol–water partition coefficient (Wildman–Crippen LogP) is 1.21. The third-order valence-electron chi connectivity index (χ3n) is 1.51. The van der Waals surface area contributed by atoms with Crippen LogP contribution < -0.4 is 8.37 Å². The summed E-state index contributed by atoms with van der Waals surface area (Å²) in [6, 6.07) is 0. The molecule has 1 heterocycles. The smallest absolute Gasteiger partial charge is 0.309 e. The van der Waals surface area contributed by atoms with Crippen LogP contribution in [0.15, 0.2) is 10.8 Å². The normalized spacial score (nSPS) is 12.4. The summed E-state index contributed by atoms with van der Waals surface area (Å²) in [7, 11) is -7.41. The fourth-order valence-electron chi connectivity index (χ4n) is 0.987. The van der Waals surface area contributed by atoms with Gasteiger partial charge in [-0.15, -0.1) is 11.3 Å². The van der Waals surface area contributed by atoms with Crippen LogP contribution in [0.5, 0.6) is 11.5 Å². The zero-order valence-corrected chi connectivity index (χ0v) is 11.7. The first-order chi connectivity index (χ1) is 7.73. The van der Waals surface area contributed by atoms with Crippen LogP contribution in [-0.4, -0.2) is 28.8 Å². The molecule has 6 nitrogen and oxygen atoms in total. The Bertz CT molecular complexity index is 568. The highest BCUT2D eigenvalue weighted by Gasteiger charge is 2.18. The molecular formula is C8H12O6S3. The van der Waals surface area contributed by atoms with Crippen molar-refractivity contribution in [1.29, 1.82) is 0 Å². The molecule has 98 valence electrons. The minimum Gasteiger partial charge on any atom is -0.378 e. The summed E-state index contributed by atoms with van der Waals surface area (Å²) < 4.78 is 54.0. The number of thiophene rings is 1. The predicted molar refractivity (Wildman–Crippen MR) is 64.5 cm³/mol. The van der Waals surface area contributed by atoms with E-state index in [0.29, 0.717) is 6.42 Å². The minimum atomic E-state index is -3.71. The van der Waals surface area contributed by atoms with E-state index in [1.165, 1.54) is 10.8 Å². The summed E-state index contributed by atoms with van der Waals surface area (Å²) in [5, 5.41) is 2.73. The molecule has 0 amide bonds. The van der Waals surface area contributed by atoms with Gasteiger partial charge in [0, 0.05) is 10.8 Å². The van der Waals surface area contributed by atoms with Crippen molar-refractivity contribution in [3.63, 3.8) is 0 Å². The third kappa shape index (κ3) is 4.92. The standard InChI is InChI=1S/C8H12O6S3/c1-3-4-17(11,12)14-8-6-15-5-7(8)13-16(2,9)10/h5-6H,3-4H2,1-2H3. The fraction of sp³-hybridized carbons (Fsp3) is 0.500. The summed E-state index contributed by atoms with van der Waals surface area (Å²) in [5.41, 5.74) is 0. The van der Waals surface area contributed by atoms with Crippen LogP contribution in [-0.2, 0) is 20.2 Å². The molecule has 0 radical (unpaired) electrons. The van der Waals surface area contributed by atoms with Crippen LogP contribution in [0.3, 0.4) is 0 Å². The minimum absolute atomic E-state index is 0.103. The first kappa shape index (κ1) is 14.3. The van der Waals surface area contributed by atoms with Gasteiger partial charge in [0.1, 0.15) is 0 Å². The van der Waals surface area contributed by atoms with Gasteiger partial charge < -0.3 is 8.37 Å². The zero-order chi connectivity index (χ0) is 13.1. The van der Waals surface area contributed by atoms with Crippen molar-refractivity contribution >= 4 is 31.6 Å². The Labute approximate surface area is 104 Å². The molecule has 0 bridgehead atoms. The molecule has 0 unspecified atom stereocenters. The first-order valence-electron chi connectivity index (χ1n) is 4.61. The molecule has 0 aliphatic carbocycles. The lowest BCUT2D eigenvalue weighted by Gasteiger charge is -2.06. The maximum absolute atomic E-state index is 11.4. The number of hydrogen-bond donors (Lipinski definition) is 0. The van der Waals surface area contributed by atoms with Gasteiger partial charge in [-0.2, -0.15) is 16.8 Å². The maximum atomic E-state index is 11.4. The highest BCUT2D eigenvalue weighted by Crippen LogP contribution is 2.33. The summed E-state index contributed by atoms with van der Waals surface area (Å²) >= 11 is 1.09. The molecule has 1 aromatic heterocycles. The molecule has 1 rings (SSSR count). The highest BCUT2D eigenvalue weighted by molar-refractivity contribution is 7.87. The molecule has 9 heteroatoms. The van der Waals surface area contributed by atoms with E-state index in [1.54, 1.807) is 6.92 Å². The van der Waals surface area contributed by atoms with E-state index in [4.69, 9.17) is 4.18 Å². The third-order valence-corrected chi connectivity index (χ3v) is 4.03. The van der Waals surface area contributed by atoms with Gasteiger partial charge in [0.2, 0.25) is 0 Å². The molecule has 0 saturated heterocycles. The second-order valence-corrected chi connectivity index (χ2v) is 7.24. The molecule has 0 atom stereocenters. The van der Waals surface area contributed by atoms with E-state index in [9.17, 15) is 16.8 Å². The van der Waals surface area contributed by atoms with Gasteiger partial charge in [-0.3, -0.25) is 0 Å². The van der Waals surface area contributed by atoms with Crippen LogP contribution in [0.1, 0.15) is 13.3 Å². The second kappa shape index (κ2) is 5.23. The Balaban J connectivity index is 2.91. The topological polar surface area (TPSA) is 86.7 Å². The van der Waals surface area contributed by atoms with E-state index >= 15 is 0 Å². The van der Waals surface area contributed by atoms with Gasteiger partial charge in [-0.05, 0) is 6.42 Å². The Morgan fingerprint density at radius 3 is 2.12 bits per heavy atom. The lowest BCUT2D eigenvalue weighted by atomic mass is 10.6. The van der Waals surface area contributed by atoms with Gasteiger partial charge >= 0.3 is 20.2 Å². The molecule has 0 N–H and O–H groups in total. The zero-order valence-electron chi connectivity index (χ0n) is 9.24. The SMILES string of the molecule is CCCS(=O)(=O)Oc1cscc1OS(C)(=O)=O. The summed E-state index contributed by atoms with van der Waals surface area (Å²) in [6.45, 7) is 1.70. The Morgan fingerprint density at radius 2 is 1.65 bits per heavy atom. The van der Waals surface area contributed by atoms with Crippen molar-refractivity contribution in [2.24, 2.45) is 0 Å². The van der Waals surface area contributed by atoms with Crippen molar-refractivity contribution in [3.8, 4) is 11.5 Å². The number of rotatable bonds is 6. The van der Waals surface area contributed by atoms with Gasteiger partial charge in [0.15, 0.2) is 11.5 Å². The molecule has 0 aliphatic rings. The van der Waals surface area contributed by atoms with Gasteiger partial charge in [0.25, 0.3) is 0 Å². The van der Waals surface area contributed by atoms with Crippen LogP contribution in [0.2, 0.25) is 0 Å². The molecule has 0 aliphatic heterocycles. The monoisotopic (exact) mass is 300 g/mol. The largest absolute Gasteiger partial charge is 0.378 e. The van der Waals surface area contributed by atoms with Crippen molar-refractivity contribution in [3.05, 3.63) is 10.8 Å². The fourth-order valence-corrected chi connectivity index (χ4v) is 3.20. The van der Waals surface area contributed by atoms with Crippen LogP contribution in [0, 0.1) is 0 Å². The molecule has 1 aromatic rings. The van der Waals surface area contributed by atoms with Crippen molar-refractivity contribution < 1.29 is 25.2 Å².